The Morgan fingerprint density at radius 3 is 2.44 bits per heavy atom. The van der Waals surface area contributed by atoms with Gasteiger partial charge in [-0.25, -0.2) is 0 Å². The molecular weight excluding hydrogens is 426 g/mol. The van der Waals surface area contributed by atoms with Crippen molar-refractivity contribution >= 4 is 35.0 Å². The van der Waals surface area contributed by atoms with Gasteiger partial charge < -0.3 is 19.9 Å². The van der Waals surface area contributed by atoms with E-state index in [1.165, 1.54) is 11.8 Å². The van der Waals surface area contributed by atoms with Crippen molar-refractivity contribution in [2.45, 2.75) is 38.9 Å². The van der Waals surface area contributed by atoms with Crippen LogP contribution in [0.25, 0.3) is 0 Å². The molecule has 2 amide bonds. The molecular formula is C23H27N5O3S. The number of aromatic nitrogens is 3. The maximum absolute atomic E-state index is 12.5. The van der Waals surface area contributed by atoms with Crippen molar-refractivity contribution in [3.8, 4) is 5.75 Å². The molecule has 0 saturated heterocycles. The second-order valence-electron chi connectivity index (χ2n) is 7.25. The van der Waals surface area contributed by atoms with E-state index in [0.29, 0.717) is 23.2 Å². The van der Waals surface area contributed by atoms with E-state index in [4.69, 9.17) is 4.74 Å². The lowest BCUT2D eigenvalue weighted by atomic mass is 10.1. The summed E-state index contributed by atoms with van der Waals surface area (Å²) in [6.45, 7) is 6.53. The van der Waals surface area contributed by atoms with Crippen molar-refractivity contribution in [1.29, 1.82) is 0 Å². The number of rotatable bonds is 9. The number of benzene rings is 2. The number of methoxy groups -OCH3 is 1. The summed E-state index contributed by atoms with van der Waals surface area (Å²) in [5.41, 5.74) is 3.63. The Kier molecular flexibility index (Phi) is 7.88. The normalized spacial score (nSPS) is 10.6. The van der Waals surface area contributed by atoms with Crippen LogP contribution in [0.3, 0.4) is 0 Å². The number of carbonyl (C=O) groups is 2. The van der Waals surface area contributed by atoms with E-state index in [0.717, 1.165) is 22.6 Å². The number of anilines is 2. The minimum absolute atomic E-state index is 0.104. The van der Waals surface area contributed by atoms with Crippen LogP contribution < -0.4 is 15.4 Å². The molecule has 1 aromatic heterocycles. The van der Waals surface area contributed by atoms with Crippen molar-refractivity contribution in [3.63, 3.8) is 0 Å². The topological polar surface area (TPSA) is 98.1 Å². The molecule has 9 heteroatoms. The van der Waals surface area contributed by atoms with Crippen LogP contribution in [0.4, 0.5) is 11.4 Å². The highest BCUT2D eigenvalue weighted by Gasteiger charge is 2.16. The van der Waals surface area contributed by atoms with E-state index in [-0.39, 0.29) is 24.0 Å². The first-order valence-corrected chi connectivity index (χ1v) is 11.2. The highest BCUT2D eigenvalue weighted by molar-refractivity contribution is 7.99. The third-order valence-corrected chi connectivity index (χ3v) is 5.76. The molecule has 0 bridgehead atoms. The summed E-state index contributed by atoms with van der Waals surface area (Å²) in [5.74, 6) is 1.15. The first-order chi connectivity index (χ1) is 15.4. The summed E-state index contributed by atoms with van der Waals surface area (Å²) in [5, 5.41) is 14.7. The highest BCUT2D eigenvalue weighted by Crippen LogP contribution is 2.20. The van der Waals surface area contributed by atoms with Crippen molar-refractivity contribution in [1.82, 2.24) is 14.8 Å². The van der Waals surface area contributed by atoms with E-state index in [9.17, 15) is 9.59 Å². The fourth-order valence-electron chi connectivity index (χ4n) is 3.17. The number of aryl methyl sites for hydroxylation is 2. The van der Waals surface area contributed by atoms with Gasteiger partial charge >= 0.3 is 0 Å². The molecule has 0 atom stereocenters. The van der Waals surface area contributed by atoms with Gasteiger partial charge in [-0.3, -0.25) is 9.59 Å². The molecule has 3 rings (SSSR count). The molecule has 0 aliphatic rings. The van der Waals surface area contributed by atoms with Crippen LogP contribution in [-0.4, -0.2) is 39.4 Å². The van der Waals surface area contributed by atoms with E-state index in [2.05, 4.69) is 20.8 Å². The van der Waals surface area contributed by atoms with E-state index in [1.54, 1.807) is 31.4 Å². The third-order valence-electron chi connectivity index (χ3n) is 4.79. The average molecular weight is 454 g/mol. The minimum atomic E-state index is -0.159. The SMILES string of the molecule is CCn1c(CC(=O)Nc2ccc(C)cc2C)nnc1SCC(=O)Nc1ccc(OC)cc1. The Balaban J connectivity index is 1.57. The standard InChI is InChI=1S/C23H27N5O3S/c1-5-28-20(13-21(29)25-19-11-6-15(2)12-16(19)3)26-27-23(28)32-14-22(30)24-17-7-9-18(31-4)10-8-17/h6-12H,5,13-14H2,1-4H3,(H,24,30)(H,25,29). The van der Waals surface area contributed by atoms with Gasteiger partial charge in [0.2, 0.25) is 11.8 Å². The zero-order valence-electron chi connectivity index (χ0n) is 18.6. The summed E-state index contributed by atoms with van der Waals surface area (Å²) in [7, 11) is 1.59. The molecule has 0 radical (unpaired) electrons. The van der Waals surface area contributed by atoms with Gasteiger partial charge in [-0.05, 0) is 56.7 Å². The molecule has 2 aromatic carbocycles. The molecule has 32 heavy (non-hydrogen) atoms. The maximum atomic E-state index is 12.5. The number of hydrogen-bond donors (Lipinski definition) is 2. The van der Waals surface area contributed by atoms with E-state index in [1.807, 2.05) is 43.5 Å². The van der Waals surface area contributed by atoms with Gasteiger partial charge in [0.15, 0.2) is 5.16 Å². The van der Waals surface area contributed by atoms with Gasteiger partial charge in [0.05, 0.1) is 19.3 Å². The number of nitrogens with one attached hydrogen (secondary N) is 2. The fraction of sp³-hybridized carbons (Fsp3) is 0.304. The molecule has 168 valence electrons. The summed E-state index contributed by atoms with van der Waals surface area (Å²) in [4.78, 5) is 24.8. The predicted molar refractivity (Wildman–Crippen MR) is 126 cm³/mol. The average Bonchev–Trinajstić information content (AvgIpc) is 3.16. The molecule has 0 saturated carbocycles. The second kappa shape index (κ2) is 10.8. The molecule has 8 nitrogen and oxygen atoms in total. The first-order valence-electron chi connectivity index (χ1n) is 10.3. The van der Waals surface area contributed by atoms with Gasteiger partial charge in [-0.15, -0.1) is 10.2 Å². The van der Waals surface area contributed by atoms with Crippen molar-refractivity contribution in [2.75, 3.05) is 23.5 Å². The maximum Gasteiger partial charge on any atom is 0.234 e. The lowest BCUT2D eigenvalue weighted by Gasteiger charge is -2.10. The molecule has 2 N–H and O–H groups in total. The summed E-state index contributed by atoms with van der Waals surface area (Å²) in [6, 6.07) is 13.0. The molecule has 0 aliphatic carbocycles. The Hall–Kier alpha value is -3.33. The first kappa shape index (κ1) is 23.3. The van der Waals surface area contributed by atoms with Crippen LogP contribution in [0.1, 0.15) is 23.9 Å². The predicted octanol–water partition coefficient (Wildman–Crippen LogP) is 3.84. The van der Waals surface area contributed by atoms with E-state index < -0.39 is 0 Å². The fourth-order valence-corrected chi connectivity index (χ4v) is 3.99. The van der Waals surface area contributed by atoms with Gasteiger partial charge in [-0.1, -0.05) is 29.5 Å². The Bertz CT molecular complexity index is 1100. The van der Waals surface area contributed by atoms with Crippen molar-refractivity contribution in [2.24, 2.45) is 0 Å². The van der Waals surface area contributed by atoms with Gasteiger partial charge in [0.25, 0.3) is 0 Å². The van der Waals surface area contributed by atoms with Gasteiger partial charge in [0.1, 0.15) is 11.6 Å². The third kappa shape index (κ3) is 6.10. The van der Waals surface area contributed by atoms with Crippen LogP contribution in [0, 0.1) is 13.8 Å². The quantitative estimate of drug-likeness (QED) is 0.478. The Labute approximate surface area is 191 Å². The van der Waals surface area contributed by atoms with Crippen LogP contribution in [0.15, 0.2) is 47.6 Å². The van der Waals surface area contributed by atoms with Crippen LogP contribution in [0.5, 0.6) is 5.75 Å². The molecule has 0 unspecified atom stereocenters. The smallest absolute Gasteiger partial charge is 0.234 e. The van der Waals surface area contributed by atoms with Crippen LogP contribution >= 0.6 is 11.8 Å². The summed E-state index contributed by atoms with van der Waals surface area (Å²) >= 11 is 1.28. The molecule has 3 aromatic rings. The number of hydrogen-bond acceptors (Lipinski definition) is 6. The summed E-state index contributed by atoms with van der Waals surface area (Å²) in [6.07, 6.45) is 0.104. The van der Waals surface area contributed by atoms with E-state index >= 15 is 0 Å². The van der Waals surface area contributed by atoms with Gasteiger partial charge in [0, 0.05) is 17.9 Å². The number of carbonyl (C=O) groups excluding carboxylic acids is 2. The number of amides is 2. The number of nitrogens with zero attached hydrogens (tertiary/aromatic N) is 3. The lowest BCUT2D eigenvalue weighted by molar-refractivity contribution is -0.116. The molecule has 0 fully saturated rings. The zero-order valence-corrected chi connectivity index (χ0v) is 19.5. The second-order valence-corrected chi connectivity index (χ2v) is 8.19. The molecule has 1 heterocycles. The van der Waals surface area contributed by atoms with Crippen LogP contribution in [-0.2, 0) is 22.6 Å². The van der Waals surface area contributed by atoms with Crippen molar-refractivity contribution < 1.29 is 14.3 Å². The summed E-state index contributed by atoms with van der Waals surface area (Å²) < 4.78 is 6.97. The molecule has 0 aliphatic heterocycles. The van der Waals surface area contributed by atoms with Gasteiger partial charge in [-0.2, -0.15) is 0 Å². The number of ether oxygens (including phenoxy) is 1. The lowest BCUT2D eigenvalue weighted by Crippen LogP contribution is -2.18. The molecule has 0 spiro atoms. The highest BCUT2D eigenvalue weighted by atomic mass is 32.2. The zero-order chi connectivity index (χ0) is 23.1. The van der Waals surface area contributed by atoms with Crippen LogP contribution in [0.2, 0.25) is 0 Å². The van der Waals surface area contributed by atoms with Crippen molar-refractivity contribution in [3.05, 3.63) is 59.4 Å². The minimum Gasteiger partial charge on any atom is -0.497 e. The largest absolute Gasteiger partial charge is 0.497 e. The monoisotopic (exact) mass is 453 g/mol. The Morgan fingerprint density at radius 2 is 1.78 bits per heavy atom. The Morgan fingerprint density at radius 1 is 1.03 bits per heavy atom. The number of thioether (sulfide) groups is 1.